The van der Waals surface area contributed by atoms with Gasteiger partial charge in [-0.3, -0.25) is 0 Å². The summed E-state index contributed by atoms with van der Waals surface area (Å²) in [6, 6.07) is 9.88. The molecule has 1 N–H and O–H groups in total. The predicted octanol–water partition coefficient (Wildman–Crippen LogP) is 2.66. The zero-order valence-electron chi connectivity index (χ0n) is 12.9. The molecule has 4 nitrogen and oxygen atoms in total. The first-order valence-corrected chi connectivity index (χ1v) is 7.30. The van der Waals surface area contributed by atoms with Gasteiger partial charge in [-0.1, -0.05) is 42.5 Å². The number of allylic oxidation sites excluding steroid dienone is 1. The van der Waals surface area contributed by atoms with Crippen LogP contribution in [-0.2, 0) is 20.8 Å². The van der Waals surface area contributed by atoms with Crippen LogP contribution in [-0.4, -0.2) is 35.8 Å². The van der Waals surface area contributed by atoms with Crippen molar-refractivity contribution in [2.75, 3.05) is 6.61 Å². The molecule has 4 heteroatoms. The molecule has 1 aliphatic rings. The number of aliphatic hydroxyl groups excluding tert-OH is 1. The summed E-state index contributed by atoms with van der Waals surface area (Å²) in [6.07, 6.45) is 2.42. The summed E-state index contributed by atoms with van der Waals surface area (Å²) >= 11 is 0. The minimum Gasteiger partial charge on any atom is -0.388 e. The normalized spacial score (nSPS) is 26.3. The first-order valence-electron chi connectivity index (χ1n) is 7.30. The summed E-state index contributed by atoms with van der Waals surface area (Å²) in [5.74, 6) is -0.685. The summed E-state index contributed by atoms with van der Waals surface area (Å²) in [7, 11) is 0. The number of ether oxygens (including phenoxy) is 3. The Morgan fingerprint density at radius 3 is 2.67 bits per heavy atom. The van der Waals surface area contributed by atoms with Crippen molar-refractivity contribution in [3.63, 3.8) is 0 Å². The molecule has 1 aromatic carbocycles. The van der Waals surface area contributed by atoms with E-state index < -0.39 is 18.0 Å². The maximum Gasteiger partial charge on any atom is 0.164 e. The summed E-state index contributed by atoms with van der Waals surface area (Å²) in [5.41, 5.74) is 1.08. The molecule has 0 aliphatic carbocycles. The van der Waals surface area contributed by atoms with Crippen LogP contribution < -0.4 is 0 Å². The molecule has 116 valence electrons. The third kappa shape index (κ3) is 4.64. The largest absolute Gasteiger partial charge is 0.388 e. The summed E-state index contributed by atoms with van der Waals surface area (Å²) in [5, 5.41) is 10.3. The zero-order chi connectivity index (χ0) is 15.3. The molecule has 1 aromatic rings. The first-order chi connectivity index (χ1) is 10.0. The topological polar surface area (TPSA) is 47.9 Å². The molecule has 3 atom stereocenters. The Morgan fingerprint density at radius 1 is 1.29 bits per heavy atom. The highest BCUT2D eigenvalue weighted by atomic mass is 16.8. The van der Waals surface area contributed by atoms with Crippen LogP contribution in [0.4, 0.5) is 0 Å². The minimum atomic E-state index is -0.725. The monoisotopic (exact) mass is 292 g/mol. The van der Waals surface area contributed by atoms with Crippen LogP contribution in [0.15, 0.2) is 42.5 Å². The van der Waals surface area contributed by atoms with Crippen molar-refractivity contribution in [1.29, 1.82) is 0 Å². The van der Waals surface area contributed by atoms with Crippen LogP contribution in [0.2, 0.25) is 0 Å². The standard InChI is InChI=1S/C17H24O4/c1-4-8-15-16(21-17(2,3)20-15)14(18)12-19-11-13-9-6-5-7-10-13/h4-10,14-16,18H,11-12H2,1-3H3/b8-4+/t14-,15-,16+/m0/s1. The van der Waals surface area contributed by atoms with E-state index in [1.165, 1.54) is 0 Å². The van der Waals surface area contributed by atoms with Crippen molar-refractivity contribution < 1.29 is 19.3 Å². The van der Waals surface area contributed by atoms with E-state index >= 15 is 0 Å². The third-order valence-corrected chi connectivity index (χ3v) is 3.33. The van der Waals surface area contributed by atoms with E-state index in [2.05, 4.69) is 0 Å². The van der Waals surface area contributed by atoms with Crippen LogP contribution in [0.25, 0.3) is 0 Å². The van der Waals surface area contributed by atoms with Gasteiger partial charge in [-0.2, -0.15) is 0 Å². The quantitative estimate of drug-likeness (QED) is 0.819. The molecule has 1 aliphatic heterocycles. The van der Waals surface area contributed by atoms with Gasteiger partial charge >= 0.3 is 0 Å². The second-order valence-corrected chi connectivity index (χ2v) is 5.66. The maximum absolute atomic E-state index is 10.3. The number of benzene rings is 1. The molecule has 0 amide bonds. The highest BCUT2D eigenvalue weighted by molar-refractivity contribution is 5.13. The lowest BCUT2D eigenvalue weighted by molar-refractivity contribution is -0.157. The van der Waals surface area contributed by atoms with Crippen molar-refractivity contribution in [3.8, 4) is 0 Å². The van der Waals surface area contributed by atoms with E-state index in [-0.39, 0.29) is 12.7 Å². The van der Waals surface area contributed by atoms with E-state index in [1.807, 2.05) is 63.3 Å². The smallest absolute Gasteiger partial charge is 0.164 e. The van der Waals surface area contributed by atoms with Crippen molar-refractivity contribution in [2.24, 2.45) is 0 Å². The van der Waals surface area contributed by atoms with E-state index in [4.69, 9.17) is 14.2 Å². The van der Waals surface area contributed by atoms with Crippen LogP contribution in [0, 0.1) is 0 Å². The fraction of sp³-hybridized carbons (Fsp3) is 0.529. The average Bonchev–Trinajstić information content (AvgIpc) is 2.75. The molecule has 0 aromatic heterocycles. The van der Waals surface area contributed by atoms with Gasteiger partial charge in [0.15, 0.2) is 5.79 Å². The molecule has 1 saturated heterocycles. The second-order valence-electron chi connectivity index (χ2n) is 5.66. The van der Waals surface area contributed by atoms with Crippen LogP contribution in [0.1, 0.15) is 26.3 Å². The molecule has 0 saturated carbocycles. The summed E-state index contributed by atoms with van der Waals surface area (Å²) in [6.45, 7) is 6.31. The zero-order valence-corrected chi connectivity index (χ0v) is 12.9. The highest BCUT2D eigenvalue weighted by Gasteiger charge is 2.43. The second kappa shape index (κ2) is 7.18. The fourth-order valence-electron chi connectivity index (χ4n) is 2.42. The Balaban J connectivity index is 1.85. The molecule has 0 unspecified atom stereocenters. The van der Waals surface area contributed by atoms with E-state index in [9.17, 15) is 5.11 Å². The number of hydrogen-bond acceptors (Lipinski definition) is 4. The molecule has 0 bridgehead atoms. The molecule has 0 radical (unpaired) electrons. The number of hydrogen-bond donors (Lipinski definition) is 1. The van der Waals surface area contributed by atoms with E-state index in [1.54, 1.807) is 0 Å². The lowest BCUT2D eigenvalue weighted by Crippen LogP contribution is -2.37. The number of aliphatic hydroxyl groups is 1. The maximum atomic E-state index is 10.3. The van der Waals surface area contributed by atoms with Gasteiger partial charge in [0.05, 0.1) is 13.2 Å². The van der Waals surface area contributed by atoms with Gasteiger partial charge in [-0.15, -0.1) is 0 Å². The Hall–Kier alpha value is -1.20. The molecule has 21 heavy (non-hydrogen) atoms. The van der Waals surface area contributed by atoms with Crippen LogP contribution in [0.5, 0.6) is 0 Å². The van der Waals surface area contributed by atoms with Crippen molar-refractivity contribution >= 4 is 0 Å². The fourth-order valence-corrected chi connectivity index (χ4v) is 2.42. The van der Waals surface area contributed by atoms with Crippen molar-refractivity contribution in [2.45, 2.75) is 51.5 Å². The Morgan fingerprint density at radius 2 is 2.00 bits per heavy atom. The van der Waals surface area contributed by atoms with Gasteiger partial charge in [0.2, 0.25) is 0 Å². The first kappa shape index (κ1) is 16.2. The molecule has 0 spiro atoms. The molecular weight excluding hydrogens is 268 g/mol. The van der Waals surface area contributed by atoms with Gasteiger partial charge in [0, 0.05) is 0 Å². The van der Waals surface area contributed by atoms with Crippen LogP contribution in [0.3, 0.4) is 0 Å². The summed E-state index contributed by atoms with van der Waals surface area (Å²) in [4.78, 5) is 0. The molecule has 1 heterocycles. The minimum absolute atomic E-state index is 0.215. The lowest BCUT2D eigenvalue weighted by atomic mass is 10.1. The van der Waals surface area contributed by atoms with E-state index in [0.717, 1.165) is 5.56 Å². The lowest BCUT2D eigenvalue weighted by Gasteiger charge is -2.21. The Labute approximate surface area is 126 Å². The highest BCUT2D eigenvalue weighted by Crippen LogP contribution is 2.30. The van der Waals surface area contributed by atoms with Crippen LogP contribution >= 0.6 is 0 Å². The van der Waals surface area contributed by atoms with Gasteiger partial charge in [0.25, 0.3) is 0 Å². The van der Waals surface area contributed by atoms with Gasteiger partial charge in [-0.25, -0.2) is 0 Å². The Bertz CT molecular complexity index is 455. The van der Waals surface area contributed by atoms with Gasteiger partial charge in [-0.05, 0) is 26.3 Å². The average molecular weight is 292 g/mol. The predicted molar refractivity (Wildman–Crippen MR) is 80.7 cm³/mol. The Kier molecular flexibility index (Phi) is 5.53. The number of rotatable bonds is 6. The third-order valence-electron chi connectivity index (χ3n) is 3.33. The van der Waals surface area contributed by atoms with E-state index in [0.29, 0.717) is 6.61 Å². The molecule has 2 rings (SSSR count). The van der Waals surface area contributed by atoms with Crippen molar-refractivity contribution in [1.82, 2.24) is 0 Å². The van der Waals surface area contributed by atoms with Gasteiger partial charge in [0.1, 0.15) is 18.3 Å². The molecular formula is C17H24O4. The van der Waals surface area contributed by atoms with Gasteiger partial charge < -0.3 is 19.3 Å². The summed E-state index contributed by atoms with van der Waals surface area (Å²) < 4.78 is 17.1. The van der Waals surface area contributed by atoms with Crippen molar-refractivity contribution in [3.05, 3.63) is 48.0 Å². The SMILES string of the molecule is C/C=C/[C@@H]1OC(C)(C)O[C@@H]1[C@@H](O)COCc1ccccc1. The molecule has 1 fully saturated rings.